The van der Waals surface area contributed by atoms with E-state index in [-0.39, 0.29) is 24.8 Å². The molecule has 0 unspecified atom stereocenters. The standard InChI is InChI=1S/C19H32N4S2.2ClH/c1-20-19-23(2)17(14-25-19)13-24-18(21-15-9-5-3-6-10-15)22-16-11-7-4-8-12-16;;/h14-16H,3-13H2,1-2H3,(H,21,22);2*1H. The summed E-state index contributed by atoms with van der Waals surface area (Å²) in [4.78, 5) is 10.6. The molecule has 1 N–H and O–H groups in total. The van der Waals surface area contributed by atoms with Crippen LogP contribution in [0.1, 0.15) is 69.9 Å². The smallest absolute Gasteiger partial charge is 0.184 e. The number of aliphatic imine (C=N–C) groups is 1. The number of amidine groups is 1. The van der Waals surface area contributed by atoms with E-state index in [1.165, 1.54) is 75.1 Å². The number of rotatable bonds is 4. The second-order valence-electron chi connectivity index (χ2n) is 7.29. The van der Waals surface area contributed by atoms with Gasteiger partial charge in [0.1, 0.15) is 0 Å². The Morgan fingerprint density at radius 2 is 1.74 bits per heavy atom. The highest BCUT2D eigenvalue weighted by Crippen LogP contribution is 2.24. The molecule has 0 atom stereocenters. The average molecular weight is 454 g/mol. The largest absolute Gasteiger partial charge is 0.362 e. The number of nitrogens with one attached hydrogen (secondary N) is 1. The predicted octanol–water partition coefficient (Wildman–Crippen LogP) is 5.30. The second kappa shape index (κ2) is 13.1. The average Bonchev–Trinajstić information content (AvgIpc) is 3.01. The molecule has 1 aromatic heterocycles. The molecule has 2 saturated carbocycles. The quantitative estimate of drug-likeness (QED) is 0.496. The molecular formula is C19H34Cl2N4S2. The number of thiazole rings is 1. The van der Waals surface area contributed by atoms with Crippen LogP contribution in [0.5, 0.6) is 0 Å². The van der Waals surface area contributed by atoms with E-state index in [2.05, 4.69) is 27.3 Å². The van der Waals surface area contributed by atoms with Crippen molar-refractivity contribution in [3.63, 3.8) is 0 Å². The maximum absolute atomic E-state index is 5.14. The van der Waals surface area contributed by atoms with Crippen molar-refractivity contribution in [2.45, 2.75) is 82.0 Å². The van der Waals surface area contributed by atoms with Crippen LogP contribution in [-0.4, -0.2) is 28.9 Å². The Bertz CT molecular complexity index is 630. The highest BCUT2D eigenvalue weighted by molar-refractivity contribution is 8.13. The molecule has 0 aromatic carbocycles. The van der Waals surface area contributed by atoms with Gasteiger partial charge in [0.05, 0.1) is 6.04 Å². The van der Waals surface area contributed by atoms with Crippen molar-refractivity contribution in [1.82, 2.24) is 9.88 Å². The molecule has 3 rings (SSSR count). The zero-order chi connectivity index (χ0) is 17.5. The van der Waals surface area contributed by atoms with Gasteiger partial charge >= 0.3 is 0 Å². The molecule has 0 aliphatic heterocycles. The van der Waals surface area contributed by atoms with Crippen molar-refractivity contribution in [1.29, 1.82) is 0 Å². The van der Waals surface area contributed by atoms with Gasteiger partial charge in [-0.05, 0) is 25.7 Å². The Labute approximate surface area is 184 Å². The van der Waals surface area contributed by atoms with Crippen molar-refractivity contribution < 1.29 is 0 Å². The van der Waals surface area contributed by atoms with E-state index in [1.807, 2.05) is 18.8 Å². The minimum atomic E-state index is 0. The Balaban J connectivity index is 0.00000182. The van der Waals surface area contributed by atoms with Crippen molar-refractivity contribution >= 4 is 53.1 Å². The van der Waals surface area contributed by atoms with E-state index >= 15 is 0 Å². The number of nitrogens with zero attached hydrogens (tertiary/aromatic N) is 3. The molecule has 1 aromatic rings. The first-order chi connectivity index (χ1) is 12.3. The molecule has 0 bridgehead atoms. The molecule has 2 aliphatic rings. The van der Waals surface area contributed by atoms with E-state index in [4.69, 9.17) is 4.99 Å². The second-order valence-corrected chi connectivity index (χ2v) is 9.09. The van der Waals surface area contributed by atoms with E-state index in [0.29, 0.717) is 12.1 Å². The van der Waals surface area contributed by atoms with Gasteiger partial charge in [-0.25, -0.2) is 0 Å². The lowest BCUT2D eigenvalue weighted by Gasteiger charge is -2.26. The normalized spacial score (nSPS) is 20.1. The van der Waals surface area contributed by atoms with Crippen molar-refractivity contribution in [2.24, 2.45) is 17.0 Å². The van der Waals surface area contributed by atoms with Crippen molar-refractivity contribution in [3.05, 3.63) is 15.9 Å². The molecule has 4 nitrogen and oxygen atoms in total. The van der Waals surface area contributed by atoms with Crippen LogP contribution in [0, 0.1) is 0 Å². The maximum atomic E-state index is 5.14. The maximum Gasteiger partial charge on any atom is 0.184 e. The Kier molecular flexibility index (Phi) is 12.1. The number of hydrogen-bond donors (Lipinski definition) is 1. The number of aromatic nitrogens is 1. The summed E-state index contributed by atoms with van der Waals surface area (Å²) in [6.45, 7) is 0. The molecule has 1 heterocycles. The molecule has 8 heteroatoms. The molecule has 0 spiro atoms. The lowest BCUT2D eigenvalue weighted by atomic mass is 9.95. The van der Waals surface area contributed by atoms with Crippen LogP contribution in [0.25, 0.3) is 0 Å². The number of thioether (sulfide) groups is 1. The van der Waals surface area contributed by atoms with E-state index in [1.54, 1.807) is 11.3 Å². The first-order valence-electron chi connectivity index (χ1n) is 9.79. The molecule has 27 heavy (non-hydrogen) atoms. The number of halogens is 2. The van der Waals surface area contributed by atoms with Crippen LogP contribution in [0.2, 0.25) is 0 Å². The Morgan fingerprint density at radius 1 is 1.11 bits per heavy atom. The Hall–Kier alpha value is -0.170. The summed E-state index contributed by atoms with van der Waals surface area (Å²) < 4.78 is 2.20. The Morgan fingerprint density at radius 3 is 2.33 bits per heavy atom. The summed E-state index contributed by atoms with van der Waals surface area (Å²) in [5, 5.41) is 7.21. The molecule has 0 saturated heterocycles. The third kappa shape index (κ3) is 7.64. The topological polar surface area (TPSA) is 41.7 Å². The molecule has 2 fully saturated rings. The highest BCUT2D eigenvalue weighted by Gasteiger charge is 2.18. The van der Waals surface area contributed by atoms with Gasteiger partial charge in [-0.2, -0.15) is 0 Å². The van der Waals surface area contributed by atoms with Crippen molar-refractivity contribution in [2.75, 3.05) is 7.05 Å². The van der Waals surface area contributed by atoms with Crippen LogP contribution >= 0.6 is 47.9 Å². The van der Waals surface area contributed by atoms with Crippen molar-refractivity contribution in [3.8, 4) is 0 Å². The van der Waals surface area contributed by atoms with Crippen LogP contribution in [-0.2, 0) is 12.8 Å². The van der Waals surface area contributed by atoms with Crippen LogP contribution in [0.15, 0.2) is 15.4 Å². The van der Waals surface area contributed by atoms with Gasteiger partial charge in [-0.1, -0.05) is 50.3 Å². The van der Waals surface area contributed by atoms with Gasteiger partial charge < -0.3 is 9.88 Å². The fourth-order valence-corrected chi connectivity index (χ4v) is 5.80. The predicted molar refractivity (Wildman–Crippen MR) is 125 cm³/mol. The van der Waals surface area contributed by atoms with Gasteiger partial charge in [-0.3, -0.25) is 9.98 Å². The van der Waals surface area contributed by atoms with Gasteiger partial charge in [-0.15, -0.1) is 36.2 Å². The van der Waals surface area contributed by atoms with Gasteiger partial charge in [0, 0.05) is 37.0 Å². The summed E-state index contributed by atoms with van der Waals surface area (Å²) >= 11 is 3.60. The fraction of sp³-hybridized carbons (Fsp3) is 0.789. The molecule has 0 amide bonds. The van der Waals surface area contributed by atoms with Gasteiger partial charge in [0.2, 0.25) is 0 Å². The van der Waals surface area contributed by atoms with Crippen LogP contribution in [0.3, 0.4) is 0 Å². The summed E-state index contributed by atoms with van der Waals surface area (Å²) in [5.74, 6) is 0.966. The molecule has 0 radical (unpaired) electrons. The van der Waals surface area contributed by atoms with Crippen LogP contribution in [0.4, 0.5) is 0 Å². The summed E-state index contributed by atoms with van der Waals surface area (Å²) in [6, 6.07) is 1.16. The SMILES string of the molecule is CN=c1scc(CSC(=NC2CCCCC2)NC2CCCCC2)n1C.Cl.Cl. The lowest BCUT2D eigenvalue weighted by molar-refractivity contribution is 0.411. The minimum Gasteiger partial charge on any atom is -0.362 e. The fourth-order valence-electron chi connectivity index (χ4n) is 3.79. The molecule has 2 aliphatic carbocycles. The third-order valence-electron chi connectivity index (χ3n) is 5.37. The van der Waals surface area contributed by atoms with Crippen LogP contribution < -0.4 is 10.1 Å². The van der Waals surface area contributed by atoms with E-state index < -0.39 is 0 Å². The van der Waals surface area contributed by atoms with Gasteiger partial charge in [0.15, 0.2) is 9.97 Å². The molecular weight excluding hydrogens is 419 g/mol. The van der Waals surface area contributed by atoms with E-state index in [0.717, 1.165) is 10.6 Å². The zero-order valence-electron chi connectivity index (χ0n) is 16.5. The first-order valence-corrected chi connectivity index (χ1v) is 11.7. The summed E-state index contributed by atoms with van der Waals surface area (Å²) in [6.07, 6.45) is 13.3. The molecule has 156 valence electrons. The lowest BCUT2D eigenvalue weighted by Crippen LogP contribution is -2.35. The third-order valence-corrected chi connectivity index (χ3v) is 7.37. The minimum absolute atomic E-state index is 0. The van der Waals surface area contributed by atoms with Gasteiger partial charge in [0.25, 0.3) is 0 Å². The summed E-state index contributed by atoms with van der Waals surface area (Å²) in [7, 11) is 3.98. The van der Waals surface area contributed by atoms with E-state index in [9.17, 15) is 0 Å². The zero-order valence-corrected chi connectivity index (χ0v) is 19.8. The first kappa shape index (κ1) is 24.9. The summed E-state index contributed by atoms with van der Waals surface area (Å²) in [5.41, 5.74) is 1.33. The number of hydrogen-bond acceptors (Lipinski definition) is 4. The highest BCUT2D eigenvalue weighted by atomic mass is 35.5. The monoisotopic (exact) mass is 452 g/mol.